The fraction of sp³-hybridized carbons (Fsp3) is 0.714. The van der Waals surface area contributed by atoms with E-state index in [2.05, 4.69) is 16.3 Å². The molecular weight excluding hydrogens is 268 g/mol. The zero-order valence-electron chi connectivity index (χ0n) is 12.4. The van der Waals surface area contributed by atoms with Crippen molar-refractivity contribution in [3.05, 3.63) is 11.8 Å². The first kappa shape index (κ1) is 15.8. The third kappa shape index (κ3) is 4.43. The molecule has 2 aliphatic heterocycles. The zero-order chi connectivity index (χ0) is 15.1. The number of hydrogen-bond donors (Lipinski definition) is 2. The number of nitrogens with zero attached hydrogens (tertiary/aromatic N) is 4. The van der Waals surface area contributed by atoms with Crippen molar-refractivity contribution in [3.63, 3.8) is 0 Å². The number of nitrogens with one attached hydrogen (secondary N) is 1. The first-order valence-electron chi connectivity index (χ1n) is 7.53. The molecule has 0 aromatic rings. The lowest BCUT2D eigenvalue weighted by Gasteiger charge is -2.34. The minimum Gasteiger partial charge on any atom is -0.374 e. The number of nitrogens with two attached hydrogens (primary N) is 1. The molecule has 0 aromatic carbocycles. The van der Waals surface area contributed by atoms with Gasteiger partial charge in [0, 0.05) is 71.6 Å². The van der Waals surface area contributed by atoms with Crippen LogP contribution in [0, 0.1) is 11.3 Å². The summed E-state index contributed by atoms with van der Waals surface area (Å²) in [7, 11) is 0. The van der Waals surface area contributed by atoms with Crippen molar-refractivity contribution in [2.24, 2.45) is 5.73 Å². The number of amides is 1. The third-order valence-electron chi connectivity index (χ3n) is 3.92. The predicted molar refractivity (Wildman–Crippen MR) is 80.2 cm³/mol. The van der Waals surface area contributed by atoms with E-state index in [9.17, 15) is 10.1 Å². The molecule has 7 nitrogen and oxygen atoms in total. The Labute approximate surface area is 126 Å². The molecule has 0 aromatic heterocycles. The fourth-order valence-corrected chi connectivity index (χ4v) is 2.65. The van der Waals surface area contributed by atoms with Crippen LogP contribution in [0.4, 0.5) is 0 Å². The molecular formula is C14H24N6O. The van der Waals surface area contributed by atoms with Gasteiger partial charge in [0.15, 0.2) is 0 Å². The van der Waals surface area contributed by atoms with Crippen LogP contribution in [-0.2, 0) is 4.79 Å². The van der Waals surface area contributed by atoms with Crippen molar-refractivity contribution in [1.29, 1.82) is 5.26 Å². The Morgan fingerprint density at radius 3 is 2.43 bits per heavy atom. The molecule has 0 bridgehead atoms. The predicted octanol–water partition coefficient (Wildman–Crippen LogP) is -1.60. The summed E-state index contributed by atoms with van der Waals surface area (Å²) in [5.74, 6) is -0.150. The number of nitriles is 1. The topological polar surface area (TPSA) is 88.6 Å². The van der Waals surface area contributed by atoms with E-state index < -0.39 is 0 Å². The van der Waals surface area contributed by atoms with E-state index in [1.54, 1.807) is 11.1 Å². The number of carbonyl (C=O) groups excluding carboxylic acids is 1. The fourth-order valence-electron chi connectivity index (χ4n) is 2.65. The highest BCUT2D eigenvalue weighted by Crippen LogP contribution is 2.08. The molecule has 0 saturated carbocycles. The number of piperazine rings is 2. The van der Waals surface area contributed by atoms with E-state index >= 15 is 0 Å². The van der Waals surface area contributed by atoms with Crippen LogP contribution in [0.25, 0.3) is 0 Å². The van der Waals surface area contributed by atoms with Crippen molar-refractivity contribution in [1.82, 2.24) is 20.0 Å². The molecule has 0 spiro atoms. The van der Waals surface area contributed by atoms with Gasteiger partial charge < -0.3 is 20.9 Å². The van der Waals surface area contributed by atoms with E-state index in [1.807, 2.05) is 4.90 Å². The summed E-state index contributed by atoms with van der Waals surface area (Å²) < 4.78 is 0. The zero-order valence-corrected chi connectivity index (χ0v) is 12.4. The highest BCUT2D eigenvalue weighted by molar-refractivity contribution is 5.97. The van der Waals surface area contributed by atoms with Gasteiger partial charge in [-0.25, -0.2) is 0 Å². The first-order chi connectivity index (χ1) is 10.2. The lowest BCUT2D eigenvalue weighted by atomic mass is 10.2. The van der Waals surface area contributed by atoms with Gasteiger partial charge in [-0.1, -0.05) is 0 Å². The maximum atomic E-state index is 12.4. The normalized spacial score (nSPS) is 21.2. The summed E-state index contributed by atoms with van der Waals surface area (Å²) in [6.45, 7) is 7.95. The van der Waals surface area contributed by atoms with Gasteiger partial charge in [-0.15, -0.1) is 0 Å². The largest absolute Gasteiger partial charge is 0.374 e. The average molecular weight is 292 g/mol. The Balaban J connectivity index is 1.91. The molecule has 1 amide bonds. The van der Waals surface area contributed by atoms with E-state index in [1.165, 1.54) is 0 Å². The highest BCUT2D eigenvalue weighted by Gasteiger charge is 2.24. The first-order valence-corrected chi connectivity index (χ1v) is 7.53. The van der Waals surface area contributed by atoms with E-state index in [0.29, 0.717) is 19.6 Å². The summed E-state index contributed by atoms with van der Waals surface area (Å²) in [6.07, 6.45) is 1.72. The number of hydrogen-bond acceptors (Lipinski definition) is 6. The van der Waals surface area contributed by atoms with Crippen LogP contribution < -0.4 is 11.1 Å². The highest BCUT2D eigenvalue weighted by atomic mass is 16.2. The molecule has 0 unspecified atom stereocenters. The van der Waals surface area contributed by atoms with Crippen molar-refractivity contribution in [2.45, 2.75) is 0 Å². The molecule has 2 fully saturated rings. The smallest absolute Gasteiger partial charge is 0.266 e. The molecule has 3 N–H and O–H groups in total. The molecule has 2 heterocycles. The van der Waals surface area contributed by atoms with E-state index in [0.717, 1.165) is 45.8 Å². The molecule has 2 rings (SSSR count). The van der Waals surface area contributed by atoms with Crippen LogP contribution in [-0.4, -0.2) is 86.1 Å². The standard InChI is InChI=1S/C14H24N6O/c15-1-4-18-7-9-20(10-8-18)14(21)13(11-16)12-19-5-2-17-3-6-19/h12,17H,1-10,15H2/b13-12-. The Bertz CT molecular complexity index is 416. The maximum absolute atomic E-state index is 12.4. The second-order valence-electron chi connectivity index (χ2n) is 5.36. The van der Waals surface area contributed by atoms with Gasteiger partial charge in [0.1, 0.15) is 11.6 Å². The summed E-state index contributed by atoms with van der Waals surface area (Å²) in [5, 5.41) is 12.5. The molecule has 0 aliphatic carbocycles. The maximum Gasteiger partial charge on any atom is 0.266 e. The second-order valence-corrected chi connectivity index (χ2v) is 5.36. The summed E-state index contributed by atoms with van der Waals surface area (Å²) >= 11 is 0. The molecule has 2 aliphatic rings. The monoisotopic (exact) mass is 292 g/mol. The van der Waals surface area contributed by atoms with Crippen molar-refractivity contribution < 1.29 is 4.79 Å². The van der Waals surface area contributed by atoms with Crippen LogP contribution in [0.3, 0.4) is 0 Å². The molecule has 0 radical (unpaired) electrons. The third-order valence-corrected chi connectivity index (χ3v) is 3.92. The molecule has 0 atom stereocenters. The van der Waals surface area contributed by atoms with Crippen molar-refractivity contribution in [3.8, 4) is 6.07 Å². The lowest BCUT2D eigenvalue weighted by molar-refractivity contribution is -0.128. The van der Waals surface area contributed by atoms with Gasteiger partial charge in [0.2, 0.25) is 0 Å². The Morgan fingerprint density at radius 1 is 1.19 bits per heavy atom. The van der Waals surface area contributed by atoms with Crippen LogP contribution >= 0.6 is 0 Å². The Morgan fingerprint density at radius 2 is 1.86 bits per heavy atom. The van der Waals surface area contributed by atoms with Crippen LogP contribution in [0.2, 0.25) is 0 Å². The molecule has 7 heteroatoms. The minimum atomic E-state index is -0.150. The van der Waals surface area contributed by atoms with Crippen LogP contribution in [0.15, 0.2) is 11.8 Å². The summed E-state index contributed by atoms with van der Waals surface area (Å²) in [5.41, 5.74) is 5.78. The van der Waals surface area contributed by atoms with Crippen molar-refractivity contribution >= 4 is 5.91 Å². The molecule has 2 saturated heterocycles. The number of carbonyl (C=O) groups is 1. The molecule has 21 heavy (non-hydrogen) atoms. The van der Waals surface area contributed by atoms with Crippen molar-refractivity contribution in [2.75, 3.05) is 65.4 Å². The van der Waals surface area contributed by atoms with E-state index in [4.69, 9.17) is 5.73 Å². The van der Waals surface area contributed by atoms with Crippen LogP contribution in [0.1, 0.15) is 0 Å². The molecule has 116 valence electrons. The van der Waals surface area contributed by atoms with Gasteiger partial charge in [0.25, 0.3) is 5.91 Å². The second kappa shape index (κ2) is 7.98. The Hall–Kier alpha value is -1.62. The average Bonchev–Trinajstić information content (AvgIpc) is 2.54. The lowest BCUT2D eigenvalue weighted by Crippen LogP contribution is -2.50. The SMILES string of the molecule is N#C/C(=C/N1CCNCC1)C(=O)N1CCN(CCN)CC1. The van der Waals surface area contributed by atoms with Gasteiger partial charge >= 0.3 is 0 Å². The van der Waals surface area contributed by atoms with Gasteiger partial charge in [-0.3, -0.25) is 9.69 Å². The van der Waals surface area contributed by atoms with Gasteiger partial charge in [-0.2, -0.15) is 5.26 Å². The Kier molecular flexibility index (Phi) is 5.99. The minimum absolute atomic E-state index is 0.150. The number of rotatable bonds is 4. The summed E-state index contributed by atoms with van der Waals surface area (Å²) in [6, 6.07) is 2.06. The van der Waals surface area contributed by atoms with Crippen LogP contribution in [0.5, 0.6) is 0 Å². The van der Waals surface area contributed by atoms with Gasteiger partial charge in [0.05, 0.1) is 0 Å². The van der Waals surface area contributed by atoms with E-state index in [-0.39, 0.29) is 11.5 Å². The summed E-state index contributed by atoms with van der Waals surface area (Å²) in [4.78, 5) is 18.5. The quantitative estimate of drug-likeness (QED) is 0.479. The van der Waals surface area contributed by atoms with Gasteiger partial charge in [-0.05, 0) is 0 Å².